The van der Waals surface area contributed by atoms with Crippen LogP contribution in [0.15, 0.2) is 66.9 Å². The van der Waals surface area contributed by atoms with Crippen molar-refractivity contribution < 1.29 is 23.9 Å². The number of para-hydroxylation sites is 1. The Morgan fingerprint density at radius 1 is 1.06 bits per heavy atom. The van der Waals surface area contributed by atoms with Crippen LogP contribution in [0.3, 0.4) is 0 Å². The molecule has 1 amide bonds. The van der Waals surface area contributed by atoms with Crippen molar-refractivity contribution in [2.24, 2.45) is 0 Å². The molecule has 4 aromatic rings. The Kier molecular flexibility index (Phi) is 7.39. The number of nitrogens with one attached hydrogen (secondary N) is 2. The maximum absolute atomic E-state index is 13.3. The maximum atomic E-state index is 13.3. The van der Waals surface area contributed by atoms with E-state index >= 15 is 0 Å². The number of hydrogen-bond acceptors (Lipinski definition) is 6. The van der Waals surface area contributed by atoms with Gasteiger partial charge in [0.05, 0.1) is 31.8 Å². The second-order valence-corrected chi connectivity index (χ2v) is 8.04. The number of nitro benzene ring substituents is 1. The first-order valence-electron chi connectivity index (χ1n) is 11.4. The second-order valence-electron chi connectivity index (χ2n) is 8.04. The Labute approximate surface area is 208 Å². The number of methoxy groups -OCH3 is 2. The predicted molar refractivity (Wildman–Crippen MR) is 136 cm³/mol. The molecule has 2 N–H and O–H groups in total. The quantitative estimate of drug-likeness (QED) is 0.238. The molecule has 0 aliphatic carbocycles. The predicted octanol–water partition coefficient (Wildman–Crippen LogP) is 5.05. The highest BCUT2D eigenvalue weighted by Gasteiger charge is 2.26. The molecule has 1 atom stereocenters. The molecule has 0 saturated heterocycles. The smallest absolute Gasteiger partial charge is 0.286 e. The molecule has 0 aliphatic rings. The Bertz CT molecular complexity index is 1380. The summed E-state index contributed by atoms with van der Waals surface area (Å²) in [6, 6.07) is 18.1. The number of carbonyl (C=O) groups is 1. The first-order chi connectivity index (χ1) is 17.5. The van der Waals surface area contributed by atoms with Crippen LogP contribution in [0.1, 0.15) is 34.3 Å². The van der Waals surface area contributed by atoms with Crippen molar-refractivity contribution in [2.45, 2.75) is 12.8 Å². The number of benzene rings is 3. The highest BCUT2D eigenvalue weighted by atomic mass is 16.6. The molecule has 9 nitrogen and oxygen atoms in total. The summed E-state index contributed by atoms with van der Waals surface area (Å²) in [5.41, 5.74) is 2.47. The van der Waals surface area contributed by atoms with E-state index in [-0.39, 0.29) is 35.2 Å². The van der Waals surface area contributed by atoms with Crippen LogP contribution in [-0.4, -0.2) is 43.2 Å². The van der Waals surface area contributed by atoms with Gasteiger partial charge in [0.15, 0.2) is 11.5 Å². The van der Waals surface area contributed by atoms with E-state index in [1.54, 1.807) is 14.0 Å². The lowest BCUT2D eigenvalue weighted by molar-refractivity contribution is -0.385. The SMILES string of the molecule is CCOc1cc(C(=O)NCC(c2ccc(OC)cc2)c2c[nH]c3ccccc23)c([N+](=O)[O-])cc1OC. The van der Waals surface area contributed by atoms with Gasteiger partial charge in [-0.2, -0.15) is 0 Å². The standard InChI is InChI=1S/C27H27N3O6/c1-4-36-26-13-20(24(30(32)33)14-25(26)35-3)27(31)29-15-21(17-9-11-18(34-2)12-10-17)22-16-28-23-8-6-5-7-19(22)23/h5-14,16,21,28H,4,15H2,1-3H3,(H,29,31). The minimum Gasteiger partial charge on any atom is -0.497 e. The number of nitrogens with zero attached hydrogens (tertiary/aromatic N) is 1. The van der Waals surface area contributed by atoms with E-state index in [4.69, 9.17) is 14.2 Å². The van der Waals surface area contributed by atoms with E-state index < -0.39 is 10.8 Å². The van der Waals surface area contributed by atoms with E-state index in [1.165, 1.54) is 19.2 Å². The number of carbonyl (C=O) groups excluding carboxylic acids is 1. The summed E-state index contributed by atoms with van der Waals surface area (Å²) in [6.45, 7) is 2.30. The van der Waals surface area contributed by atoms with Gasteiger partial charge in [0, 0.05) is 35.6 Å². The van der Waals surface area contributed by atoms with Crippen LogP contribution in [0, 0.1) is 10.1 Å². The van der Waals surface area contributed by atoms with Gasteiger partial charge in [-0.1, -0.05) is 30.3 Å². The van der Waals surface area contributed by atoms with Crippen LogP contribution in [0.4, 0.5) is 5.69 Å². The summed E-state index contributed by atoms with van der Waals surface area (Å²) in [4.78, 5) is 27.7. The third kappa shape index (κ3) is 4.95. The van der Waals surface area contributed by atoms with Gasteiger partial charge in [-0.3, -0.25) is 14.9 Å². The summed E-state index contributed by atoms with van der Waals surface area (Å²) in [6.07, 6.45) is 1.93. The molecular formula is C27H27N3O6. The van der Waals surface area contributed by atoms with Gasteiger partial charge in [0.25, 0.3) is 11.6 Å². The van der Waals surface area contributed by atoms with E-state index in [0.717, 1.165) is 27.8 Å². The zero-order valence-corrected chi connectivity index (χ0v) is 20.2. The van der Waals surface area contributed by atoms with Gasteiger partial charge in [0.2, 0.25) is 0 Å². The molecule has 0 radical (unpaired) electrons. The average molecular weight is 490 g/mol. The second kappa shape index (κ2) is 10.8. The molecule has 4 rings (SSSR count). The van der Waals surface area contributed by atoms with Gasteiger partial charge in [0.1, 0.15) is 11.3 Å². The van der Waals surface area contributed by atoms with E-state index in [1.807, 2.05) is 54.7 Å². The van der Waals surface area contributed by atoms with Crippen molar-refractivity contribution in [3.63, 3.8) is 0 Å². The van der Waals surface area contributed by atoms with Crippen molar-refractivity contribution in [1.82, 2.24) is 10.3 Å². The van der Waals surface area contributed by atoms with Crippen molar-refractivity contribution in [3.05, 3.63) is 93.7 Å². The first-order valence-corrected chi connectivity index (χ1v) is 11.4. The zero-order valence-electron chi connectivity index (χ0n) is 20.2. The number of aromatic nitrogens is 1. The molecule has 1 aromatic heterocycles. The molecule has 1 unspecified atom stereocenters. The van der Waals surface area contributed by atoms with Crippen molar-refractivity contribution in [3.8, 4) is 17.2 Å². The largest absolute Gasteiger partial charge is 0.497 e. The van der Waals surface area contributed by atoms with Crippen LogP contribution < -0.4 is 19.5 Å². The summed E-state index contributed by atoms with van der Waals surface area (Å²) in [5.74, 6) is 0.371. The number of rotatable bonds is 10. The molecule has 0 aliphatic heterocycles. The fourth-order valence-corrected chi connectivity index (χ4v) is 4.23. The Balaban J connectivity index is 1.69. The van der Waals surface area contributed by atoms with Crippen LogP contribution in [0.2, 0.25) is 0 Å². The van der Waals surface area contributed by atoms with Gasteiger partial charge in [-0.25, -0.2) is 0 Å². The number of ether oxygens (including phenoxy) is 3. The van der Waals surface area contributed by atoms with E-state index in [9.17, 15) is 14.9 Å². The summed E-state index contributed by atoms with van der Waals surface area (Å²) >= 11 is 0. The van der Waals surface area contributed by atoms with E-state index in [0.29, 0.717) is 6.61 Å². The molecule has 0 fully saturated rings. The molecule has 0 bridgehead atoms. The molecule has 1 heterocycles. The fourth-order valence-electron chi connectivity index (χ4n) is 4.23. The third-order valence-electron chi connectivity index (χ3n) is 6.00. The Hall–Kier alpha value is -4.53. The van der Waals surface area contributed by atoms with Gasteiger partial charge >= 0.3 is 0 Å². The number of fused-ring (bicyclic) bond motifs is 1. The monoisotopic (exact) mass is 489 g/mol. The third-order valence-corrected chi connectivity index (χ3v) is 6.00. The number of nitro groups is 1. The van der Waals surface area contributed by atoms with E-state index in [2.05, 4.69) is 10.3 Å². The lowest BCUT2D eigenvalue weighted by atomic mass is 9.90. The molecule has 9 heteroatoms. The number of hydrogen-bond donors (Lipinski definition) is 2. The minimum absolute atomic E-state index is 0.100. The van der Waals surface area contributed by atoms with Crippen molar-refractivity contribution in [1.29, 1.82) is 0 Å². The topological polar surface area (TPSA) is 116 Å². The maximum Gasteiger partial charge on any atom is 0.286 e. The number of amides is 1. The normalized spacial score (nSPS) is 11.6. The molecule has 3 aromatic carbocycles. The van der Waals surface area contributed by atoms with Crippen LogP contribution >= 0.6 is 0 Å². The number of aromatic amines is 1. The van der Waals surface area contributed by atoms with Crippen molar-refractivity contribution in [2.75, 3.05) is 27.4 Å². The Morgan fingerprint density at radius 2 is 1.81 bits per heavy atom. The lowest BCUT2D eigenvalue weighted by Gasteiger charge is -2.19. The molecule has 0 saturated carbocycles. The fraction of sp³-hybridized carbons (Fsp3) is 0.222. The van der Waals surface area contributed by atoms with Gasteiger partial charge < -0.3 is 24.5 Å². The first kappa shape index (κ1) is 24.6. The molecule has 0 spiro atoms. The van der Waals surface area contributed by atoms with Crippen LogP contribution in [-0.2, 0) is 0 Å². The summed E-state index contributed by atoms with van der Waals surface area (Å²) in [7, 11) is 2.99. The minimum atomic E-state index is -0.603. The molecular weight excluding hydrogens is 462 g/mol. The lowest BCUT2D eigenvalue weighted by Crippen LogP contribution is -2.29. The molecule has 36 heavy (non-hydrogen) atoms. The Morgan fingerprint density at radius 3 is 2.47 bits per heavy atom. The van der Waals surface area contributed by atoms with Crippen molar-refractivity contribution >= 4 is 22.5 Å². The van der Waals surface area contributed by atoms with Gasteiger partial charge in [-0.05, 0) is 36.2 Å². The van der Waals surface area contributed by atoms with Gasteiger partial charge in [-0.15, -0.1) is 0 Å². The van der Waals surface area contributed by atoms with Crippen LogP contribution in [0.25, 0.3) is 10.9 Å². The summed E-state index contributed by atoms with van der Waals surface area (Å²) < 4.78 is 16.0. The van der Waals surface area contributed by atoms with Crippen LogP contribution in [0.5, 0.6) is 17.2 Å². The summed E-state index contributed by atoms with van der Waals surface area (Å²) in [5, 5.41) is 15.7. The number of H-pyrrole nitrogens is 1. The highest BCUT2D eigenvalue weighted by Crippen LogP contribution is 2.35. The molecule has 186 valence electrons. The zero-order chi connectivity index (χ0) is 25.7. The average Bonchev–Trinajstić information content (AvgIpc) is 3.33. The highest BCUT2D eigenvalue weighted by molar-refractivity contribution is 5.99.